The van der Waals surface area contributed by atoms with E-state index in [0.29, 0.717) is 12.4 Å². The first-order chi connectivity index (χ1) is 10.1. The molecule has 0 aromatic carbocycles. The molecule has 0 unspecified atom stereocenters. The van der Waals surface area contributed by atoms with Crippen LogP contribution in [0, 0.1) is 33.5 Å². The maximum absolute atomic E-state index is 9.83. The van der Waals surface area contributed by atoms with E-state index in [-0.39, 0.29) is 11.9 Å². The topological polar surface area (TPSA) is 118 Å². The number of hydrogen-bond acceptors (Lipinski definition) is 7. The van der Waals surface area contributed by atoms with Crippen LogP contribution in [0.2, 0.25) is 0 Å². The summed E-state index contributed by atoms with van der Waals surface area (Å²) in [6.07, 6.45) is 1.28. The number of aliphatic imine (C=N–C) groups is 1. The van der Waals surface area contributed by atoms with E-state index in [1.54, 1.807) is 12.1 Å². The highest BCUT2D eigenvalue weighted by Crippen LogP contribution is 2.82. The highest BCUT2D eigenvalue weighted by Gasteiger charge is 2.95. The molecule has 1 aromatic heterocycles. The lowest BCUT2D eigenvalue weighted by molar-refractivity contribution is -0.193. The van der Waals surface area contributed by atoms with Crippen molar-refractivity contribution in [2.45, 2.75) is 24.9 Å². The molecular weight excluding hydrogens is 272 g/mol. The molecule has 0 bridgehead atoms. The maximum atomic E-state index is 9.83. The number of nitrogens with zero attached hydrogens (tertiary/aromatic N) is 3. The van der Waals surface area contributed by atoms with E-state index in [2.05, 4.69) is 17.1 Å². The van der Waals surface area contributed by atoms with Gasteiger partial charge in [0.2, 0.25) is 0 Å². The van der Waals surface area contributed by atoms with E-state index >= 15 is 0 Å². The summed E-state index contributed by atoms with van der Waals surface area (Å²) in [6.45, 7) is 2.12. The summed E-state index contributed by atoms with van der Waals surface area (Å²) in [4.78, 5) is 4.21. The Kier molecular flexibility index (Phi) is 2.04. The molecule has 7 nitrogen and oxygen atoms in total. The van der Waals surface area contributed by atoms with Gasteiger partial charge >= 0.3 is 0 Å². The molecule has 0 amide bonds. The monoisotopic (exact) mass is 284 g/mol. The molecule has 106 valence electrons. The van der Waals surface area contributed by atoms with Gasteiger partial charge in [0.15, 0.2) is 10.8 Å². The molecule has 2 fully saturated rings. The molecule has 1 aromatic rings. The van der Waals surface area contributed by atoms with Crippen LogP contribution in [0.25, 0.3) is 0 Å². The van der Waals surface area contributed by atoms with Gasteiger partial charge in [-0.15, -0.1) is 0 Å². The largest absolute Gasteiger partial charge is 0.469 e. The van der Waals surface area contributed by atoms with Crippen LogP contribution in [0.4, 0.5) is 0 Å². The lowest BCUT2D eigenvalue weighted by Crippen LogP contribution is -2.39. The van der Waals surface area contributed by atoms with Gasteiger partial charge in [-0.05, 0) is 19.1 Å². The Morgan fingerprint density at radius 1 is 1.43 bits per heavy atom. The number of ether oxygens (including phenoxy) is 2. The first-order valence-corrected chi connectivity index (χ1v) is 6.61. The molecular formula is C14H12N4O3. The summed E-state index contributed by atoms with van der Waals surface area (Å²) in [5, 5.41) is 19.5. The Morgan fingerprint density at radius 2 is 2.24 bits per heavy atom. The predicted octanol–water partition coefficient (Wildman–Crippen LogP) is 0.857. The van der Waals surface area contributed by atoms with Gasteiger partial charge in [-0.25, -0.2) is 4.99 Å². The summed E-state index contributed by atoms with van der Waals surface area (Å²) in [5.41, 5.74) is 3.43. The van der Waals surface area contributed by atoms with E-state index in [0.717, 1.165) is 0 Å². The fourth-order valence-corrected chi connectivity index (χ4v) is 3.74. The molecule has 7 heteroatoms. The Balaban J connectivity index is 1.94. The van der Waals surface area contributed by atoms with Crippen LogP contribution in [-0.4, -0.2) is 24.5 Å². The van der Waals surface area contributed by atoms with E-state index in [1.807, 2.05) is 6.92 Å². The van der Waals surface area contributed by atoms with Crippen LogP contribution in [-0.2, 0) is 9.47 Å². The molecule has 1 saturated carbocycles. The molecule has 2 N–H and O–H groups in total. The van der Waals surface area contributed by atoms with Crippen molar-refractivity contribution in [2.75, 3.05) is 6.61 Å². The van der Waals surface area contributed by atoms with Crippen molar-refractivity contribution in [3.63, 3.8) is 0 Å². The molecule has 0 radical (unpaired) electrons. The smallest absolute Gasteiger partial charge is 0.294 e. The zero-order valence-electron chi connectivity index (χ0n) is 11.2. The zero-order chi connectivity index (χ0) is 14.9. The summed E-state index contributed by atoms with van der Waals surface area (Å²) in [5.74, 6) is -1.47. The molecule has 5 atom stereocenters. The number of furan rings is 1. The van der Waals surface area contributed by atoms with Crippen molar-refractivity contribution in [1.82, 2.24) is 0 Å². The summed E-state index contributed by atoms with van der Waals surface area (Å²) in [7, 11) is 0. The van der Waals surface area contributed by atoms with E-state index < -0.39 is 22.7 Å². The van der Waals surface area contributed by atoms with Crippen molar-refractivity contribution < 1.29 is 13.9 Å². The minimum Gasteiger partial charge on any atom is -0.469 e. The highest BCUT2D eigenvalue weighted by molar-refractivity contribution is 6.00. The minimum absolute atomic E-state index is 0.0713. The Morgan fingerprint density at radius 3 is 2.76 bits per heavy atom. The molecule has 4 rings (SSSR count). The van der Waals surface area contributed by atoms with E-state index in [9.17, 15) is 10.5 Å². The molecule has 3 aliphatic rings. The molecule has 2 aliphatic heterocycles. The number of nitriles is 2. The van der Waals surface area contributed by atoms with Crippen molar-refractivity contribution >= 4 is 5.84 Å². The van der Waals surface area contributed by atoms with Gasteiger partial charge in [0, 0.05) is 0 Å². The number of rotatable bonds is 1. The lowest BCUT2D eigenvalue weighted by Gasteiger charge is -2.25. The van der Waals surface area contributed by atoms with Crippen LogP contribution in [0.3, 0.4) is 0 Å². The molecule has 21 heavy (non-hydrogen) atoms. The molecule has 1 saturated heterocycles. The fourth-order valence-electron chi connectivity index (χ4n) is 3.74. The van der Waals surface area contributed by atoms with Crippen molar-refractivity contribution in [1.29, 1.82) is 10.5 Å². The SMILES string of the molecule is C[C@H]1CO[C@]2(N=C(N)[C@@]3(C#N)[C@@H](c4ccco4)[C@@]23C#N)O1. The second-order valence-corrected chi connectivity index (χ2v) is 5.61. The zero-order valence-corrected chi connectivity index (χ0v) is 11.2. The van der Waals surface area contributed by atoms with E-state index in [4.69, 9.17) is 19.6 Å². The maximum Gasteiger partial charge on any atom is 0.294 e. The second kappa shape index (κ2) is 3.45. The van der Waals surface area contributed by atoms with Gasteiger partial charge in [0.25, 0.3) is 5.91 Å². The fraction of sp³-hybridized carbons (Fsp3) is 0.500. The van der Waals surface area contributed by atoms with Gasteiger partial charge in [0.05, 0.1) is 37.0 Å². The first kappa shape index (κ1) is 12.4. The van der Waals surface area contributed by atoms with Crippen molar-refractivity contribution in [2.24, 2.45) is 21.6 Å². The normalized spacial score (nSPS) is 46.7. The third-order valence-electron chi connectivity index (χ3n) is 4.63. The number of nitrogens with two attached hydrogens (primary N) is 1. The Hall–Kier alpha value is -2.35. The Bertz CT molecular complexity index is 730. The van der Waals surface area contributed by atoms with Crippen LogP contribution in [0.1, 0.15) is 18.6 Å². The van der Waals surface area contributed by atoms with Crippen LogP contribution < -0.4 is 5.73 Å². The standard InChI is InChI=1S/C14H12N4O3/c1-8-5-20-14(21-8)13(7-16)10(9-3-2-4-19-9)12(13,6-15)11(17)18-14/h2-4,8,10H,5H2,1H3,(H2,17,18)/t8-,10+,12+,13+,14-/m0/s1. The summed E-state index contributed by atoms with van der Waals surface area (Å²) in [6, 6.07) is 7.79. The van der Waals surface area contributed by atoms with Gasteiger partial charge in [-0.2, -0.15) is 10.5 Å². The number of hydrogen-bond donors (Lipinski definition) is 1. The van der Waals surface area contributed by atoms with Gasteiger partial charge < -0.3 is 19.6 Å². The number of amidine groups is 1. The average molecular weight is 284 g/mol. The third-order valence-corrected chi connectivity index (χ3v) is 4.63. The van der Waals surface area contributed by atoms with Crippen molar-refractivity contribution in [3.8, 4) is 12.1 Å². The van der Waals surface area contributed by atoms with Crippen molar-refractivity contribution in [3.05, 3.63) is 24.2 Å². The molecule has 1 spiro atoms. The highest BCUT2D eigenvalue weighted by atomic mass is 16.8. The molecule has 1 aliphatic carbocycles. The summed E-state index contributed by atoms with van der Waals surface area (Å²) < 4.78 is 16.9. The van der Waals surface area contributed by atoms with Crippen LogP contribution in [0.15, 0.2) is 27.8 Å². The van der Waals surface area contributed by atoms with Crippen LogP contribution >= 0.6 is 0 Å². The first-order valence-electron chi connectivity index (χ1n) is 6.61. The average Bonchev–Trinajstić information content (AvgIpc) is 2.87. The Labute approximate surface area is 120 Å². The number of fused-ring (bicyclic) bond motifs is 2. The second-order valence-electron chi connectivity index (χ2n) is 5.61. The quantitative estimate of drug-likeness (QED) is 0.817. The van der Waals surface area contributed by atoms with Crippen LogP contribution in [0.5, 0.6) is 0 Å². The van der Waals surface area contributed by atoms with Gasteiger partial charge in [-0.1, -0.05) is 0 Å². The van der Waals surface area contributed by atoms with Gasteiger partial charge in [-0.3, -0.25) is 0 Å². The molecule has 3 heterocycles. The summed E-state index contributed by atoms with van der Waals surface area (Å²) >= 11 is 0. The third kappa shape index (κ3) is 1.03. The minimum atomic E-state index is -1.52. The predicted molar refractivity (Wildman–Crippen MR) is 68.4 cm³/mol. The van der Waals surface area contributed by atoms with E-state index in [1.165, 1.54) is 6.26 Å². The lowest BCUT2D eigenvalue weighted by atomic mass is 9.94. The van der Waals surface area contributed by atoms with Gasteiger partial charge in [0.1, 0.15) is 11.6 Å².